The number of aromatic nitrogens is 3. The predicted octanol–water partition coefficient (Wildman–Crippen LogP) is 1.84. The van der Waals surface area contributed by atoms with Crippen molar-refractivity contribution >= 4 is 11.9 Å². The summed E-state index contributed by atoms with van der Waals surface area (Å²) < 4.78 is 5.38. The van der Waals surface area contributed by atoms with Crippen LogP contribution >= 0.6 is 0 Å². The molecule has 1 aromatic rings. The van der Waals surface area contributed by atoms with E-state index in [1.807, 2.05) is 6.92 Å². The maximum atomic E-state index is 5.65. The van der Waals surface area contributed by atoms with Crippen LogP contribution in [-0.4, -0.2) is 27.6 Å². The number of hydrogen-bond acceptors (Lipinski definition) is 6. The summed E-state index contributed by atoms with van der Waals surface area (Å²) in [4.78, 5) is 12.3. The third-order valence-corrected chi connectivity index (χ3v) is 3.28. The van der Waals surface area contributed by atoms with Gasteiger partial charge in [0.05, 0.1) is 6.61 Å². The molecule has 18 heavy (non-hydrogen) atoms. The first kappa shape index (κ1) is 12.9. The van der Waals surface area contributed by atoms with Gasteiger partial charge in [0.25, 0.3) is 0 Å². The van der Waals surface area contributed by atoms with E-state index >= 15 is 0 Å². The van der Waals surface area contributed by atoms with Crippen LogP contribution in [0.3, 0.4) is 0 Å². The number of nitrogens with one attached hydrogen (secondary N) is 1. The summed E-state index contributed by atoms with van der Waals surface area (Å²) in [6.07, 6.45) is 4.77. The van der Waals surface area contributed by atoms with Crippen molar-refractivity contribution in [3.63, 3.8) is 0 Å². The van der Waals surface area contributed by atoms with Gasteiger partial charge in [0.2, 0.25) is 11.9 Å². The molecule has 0 aromatic carbocycles. The highest BCUT2D eigenvalue weighted by molar-refractivity contribution is 5.33. The van der Waals surface area contributed by atoms with Gasteiger partial charge in [0, 0.05) is 6.04 Å². The molecule has 6 heteroatoms. The maximum Gasteiger partial charge on any atom is 0.323 e. The van der Waals surface area contributed by atoms with E-state index < -0.39 is 0 Å². The maximum absolute atomic E-state index is 5.65. The quantitative estimate of drug-likeness (QED) is 0.802. The Hall–Kier alpha value is -1.59. The van der Waals surface area contributed by atoms with E-state index in [1.165, 1.54) is 19.3 Å². The average molecular weight is 251 g/mol. The fourth-order valence-corrected chi connectivity index (χ4v) is 1.96. The molecule has 1 heterocycles. The molecule has 0 amide bonds. The molecular weight excluding hydrogens is 230 g/mol. The van der Waals surface area contributed by atoms with Gasteiger partial charge in [-0.25, -0.2) is 0 Å². The van der Waals surface area contributed by atoms with E-state index in [0.29, 0.717) is 30.5 Å². The van der Waals surface area contributed by atoms with Crippen LogP contribution in [0, 0.1) is 5.92 Å². The zero-order valence-corrected chi connectivity index (χ0v) is 11.0. The summed E-state index contributed by atoms with van der Waals surface area (Å²) in [5.41, 5.74) is 5.65. The van der Waals surface area contributed by atoms with Crippen molar-refractivity contribution in [3.8, 4) is 6.01 Å². The largest absolute Gasteiger partial charge is 0.463 e. The van der Waals surface area contributed by atoms with Crippen molar-refractivity contribution in [2.45, 2.75) is 45.6 Å². The summed E-state index contributed by atoms with van der Waals surface area (Å²) in [5, 5.41) is 3.28. The van der Waals surface area contributed by atoms with Crippen molar-refractivity contribution in [3.05, 3.63) is 0 Å². The summed E-state index contributed by atoms with van der Waals surface area (Å²) in [6.45, 7) is 4.76. The molecule has 0 spiro atoms. The van der Waals surface area contributed by atoms with Gasteiger partial charge in [0.15, 0.2) is 0 Å². The molecule has 0 saturated heterocycles. The molecule has 2 rings (SSSR count). The molecule has 1 saturated carbocycles. The SMILES string of the molecule is CCCOc1nc(N)nc(NC(C)C2CCC2)n1. The van der Waals surface area contributed by atoms with E-state index in [9.17, 15) is 0 Å². The van der Waals surface area contributed by atoms with Gasteiger partial charge in [-0.3, -0.25) is 0 Å². The highest BCUT2D eigenvalue weighted by atomic mass is 16.5. The van der Waals surface area contributed by atoms with Gasteiger partial charge in [-0.05, 0) is 32.1 Å². The minimum absolute atomic E-state index is 0.194. The molecule has 0 bridgehead atoms. The van der Waals surface area contributed by atoms with Crippen LogP contribution in [0.4, 0.5) is 11.9 Å². The van der Waals surface area contributed by atoms with E-state index in [2.05, 4.69) is 27.2 Å². The van der Waals surface area contributed by atoms with Crippen molar-refractivity contribution < 1.29 is 4.74 Å². The Morgan fingerprint density at radius 3 is 2.78 bits per heavy atom. The third-order valence-electron chi connectivity index (χ3n) is 3.28. The van der Waals surface area contributed by atoms with Crippen LogP contribution in [0.2, 0.25) is 0 Å². The molecule has 0 aliphatic heterocycles. The first-order valence-corrected chi connectivity index (χ1v) is 6.60. The van der Waals surface area contributed by atoms with Crippen LogP contribution in [0.25, 0.3) is 0 Å². The molecule has 1 unspecified atom stereocenters. The Bertz CT molecular complexity index is 394. The van der Waals surface area contributed by atoms with Crippen LogP contribution < -0.4 is 15.8 Å². The van der Waals surface area contributed by atoms with Gasteiger partial charge in [0.1, 0.15) is 0 Å². The lowest BCUT2D eigenvalue weighted by molar-refractivity contribution is 0.281. The van der Waals surface area contributed by atoms with Gasteiger partial charge < -0.3 is 15.8 Å². The van der Waals surface area contributed by atoms with Crippen molar-refractivity contribution in [1.29, 1.82) is 0 Å². The van der Waals surface area contributed by atoms with E-state index in [-0.39, 0.29) is 5.95 Å². The second-order valence-corrected chi connectivity index (χ2v) is 4.77. The van der Waals surface area contributed by atoms with Gasteiger partial charge in [-0.1, -0.05) is 13.3 Å². The lowest BCUT2D eigenvalue weighted by Crippen LogP contribution is -2.31. The number of hydrogen-bond donors (Lipinski definition) is 2. The molecule has 6 nitrogen and oxygen atoms in total. The van der Waals surface area contributed by atoms with Crippen LogP contribution in [0.5, 0.6) is 6.01 Å². The molecular formula is C12H21N5O. The first-order valence-electron chi connectivity index (χ1n) is 6.60. The Morgan fingerprint density at radius 2 is 2.17 bits per heavy atom. The number of nitrogens with zero attached hydrogens (tertiary/aromatic N) is 3. The smallest absolute Gasteiger partial charge is 0.323 e. The molecule has 1 fully saturated rings. The molecule has 1 aliphatic rings. The molecule has 100 valence electrons. The summed E-state index contributed by atoms with van der Waals surface area (Å²) in [6, 6.07) is 0.659. The Labute approximate surface area is 107 Å². The van der Waals surface area contributed by atoms with E-state index in [1.54, 1.807) is 0 Å². The number of anilines is 2. The Balaban J connectivity index is 1.99. The second kappa shape index (κ2) is 5.84. The number of nitrogen functional groups attached to an aromatic ring is 1. The molecule has 3 N–H and O–H groups in total. The molecule has 1 aliphatic carbocycles. The fourth-order valence-electron chi connectivity index (χ4n) is 1.96. The van der Waals surface area contributed by atoms with Gasteiger partial charge >= 0.3 is 6.01 Å². The minimum atomic E-state index is 0.194. The van der Waals surface area contributed by atoms with E-state index in [4.69, 9.17) is 10.5 Å². The highest BCUT2D eigenvalue weighted by Crippen LogP contribution is 2.30. The van der Waals surface area contributed by atoms with Crippen molar-refractivity contribution in [2.75, 3.05) is 17.7 Å². The summed E-state index contributed by atoms with van der Waals surface area (Å²) in [5.74, 6) is 1.41. The lowest BCUT2D eigenvalue weighted by Gasteiger charge is -2.31. The minimum Gasteiger partial charge on any atom is -0.463 e. The average Bonchev–Trinajstić information content (AvgIpc) is 2.22. The zero-order valence-electron chi connectivity index (χ0n) is 11.0. The van der Waals surface area contributed by atoms with Crippen LogP contribution in [0.15, 0.2) is 0 Å². The van der Waals surface area contributed by atoms with Gasteiger partial charge in [-0.15, -0.1) is 0 Å². The van der Waals surface area contributed by atoms with Crippen molar-refractivity contribution in [2.24, 2.45) is 5.92 Å². The number of rotatable bonds is 6. The lowest BCUT2D eigenvalue weighted by atomic mass is 9.80. The zero-order chi connectivity index (χ0) is 13.0. The summed E-state index contributed by atoms with van der Waals surface area (Å²) in [7, 11) is 0. The van der Waals surface area contributed by atoms with Gasteiger partial charge in [-0.2, -0.15) is 15.0 Å². The first-order chi connectivity index (χ1) is 8.69. The molecule has 1 atom stereocenters. The molecule has 0 radical (unpaired) electrons. The van der Waals surface area contributed by atoms with Crippen LogP contribution in [-0.2, 0) is 0 Å². The third kappa shape index (κ3) is 3.21. The summed E-state index contributed by atoms with van der Waals surface area (Å²) >= 11 is 0. The Morgan fingerprint density at radius 1 is 1.39 bits per heavy atom. The van der Waals surface area contributed by atoms with Crippen molar-refractivity contribution in [1.82, 2.24) is 15.0 Å². The predicted molar refractivity (Wildman–Crippen MR) is 70.5 cm³/mol. The highest BCUT2D eigenvalue weighted by Gasteiger charge is 2.24. The van der Waals surface area contributed by atoms with E-state index in [0.717, 1.165) is 6.42 Å². The topological polar surface area (TPSA) is 86.0 Å². The second-order valence-electron chi connectivity index (χ2n) is 4.77. The van der Waals surface area contributed by atoms with Crippen LogP contribution in [0.1, 0.15) is 39.5 Å². The fraction of sp³-hybridized carbons (Fsp3) is 0.750. The standard InChI is InChI=1S/C12H21N5O/c1-3-7-18-12-16-10(13)15-11(17-12)14-8(2)9-5-4-6-9/h8-9H,3-7H2,1-2H3,(H3,13,14,15,16,17). The number of nitrogens with two attached hydrogens (primary N) is 1. The monoisotopic (exact) mass is 251 g/mol. The molecule has 1 aromatic heterocycles. The Kier molecular flexibility index (Phi) is 4.17. The number of ether oxygens (including phenoxy) is 1. The normalized spacial score (nSPS) is 17.0.